The van der Waals surface area contributed by atoms with E-state index >= 15 is 0 Å². The Morgan fingerprint density at radius 2 is 2.10 bits per heavy atom. The van der Waals surface area contributed by atoms with Gasteiger partial charge in [0.05, 0.1) is 0 Å². The Labute approximate surface area is 135 Å². The molecule has 0 saturated carbocycles. The molecule has 0 amide bonds. The average molecular weight is 329 g/mol. The zero-order valence-corrected chi connectivity index (χ0v) is 13.4. The van der Waals surface area contributed by atoms with Gasteiger partial charge in [-0.25, -0.2) is 0 Å². The first-order valence-corrected chi connectivity index (χ1v) is 7.17. The van der Waals surface area contributed by atoms with Crippen molar-refractivity contribution in [3.8, 4) is 17.2 Å². The van der Waals surface area contributed by atoms with Gasteiger partial charge in [-0.1, -0.05) is 41.9 Å². The molecule has 2 aromatic rings. The van der Waals surface area contributed by atoms with Gasteiger partial charge >= 0.3 is 0 Å². The van der Waals surface area contributed by atoms with Crippen molar-refractivity contribution in [1.82, 2.24) is 10.1 Å². The summed E-state index contributed by atoms with van der Waals surface area (Å²) < 4.78 is 11.2. The molecular weight excluding hydrogens is 311 g/mol. The monoisotopic (exact) mass is 328 g/mol. The Kier molecular flexibility index (Phi) is 5.51. The lowest BCUT2D eigenvalue weighted by Crippen LogP contribution is -2.38. The number of rotatable bonds is 3. The molecular formula is C15H18Cl2N2O2. The number of nitrogens with zero attached hydrogens (tertiary/aromatic N) is 2. The fraction of sp³-hybridized carbons (Fsp3) is 0.400. The van der Waals surface area contributed by atoms with Crippen LogP contribution in [-0.4, -0.2) is 36.3 Å². The molecule has 1 fully saturated rings. The summed E-state index contributed by atoms with van der Waals surface area (Å²) in [4.78, 5) is 2.25. The SMILES string of the molecule is CN1CCCC(Oc2noc(-c3ccccc3)c2Cl)C1.Cl. The van der Waals surface area contributed by atoms with Crippen LogP contribution < -0.4 is 4.74 Å². The average Bonchev–Trinajstić information content (AvgIpc) is 2.81. The minimum atomic E-state index is 0. The third-order valence-electron chi connectivity index (χ3n) is 3.50. The lowest BCUT2D eigenvalue weighted by atomic mass is 10.1. The third-order valence-corrected chi connectivity index (χ3v) is 3.84. The molecule has 114 valence electrons. The van der Waals surface area contributed by atoms with Crippen molar-refractivity contribution >= 4 is 24.0 Å². The number of ether oxygens (including phenoxy) is 1. The second kappa shape index (κ2) is 7.16. The van der Waals surface area contributed by atoms with Crippen LogP contribution in [0.5, 0.6) is 5.88 Å². The second-order valence-corrected chi connectivity index (χ2v) is 5.52. The highest BCUT2D eigenvalue weighted by Gasteiger charge is 2.23. The van der Waals surface area contributed by atoms with E-state index in [9.17, 15) is 0 Å². The van der Waals surface area contributed by atoms with Gasteiger partial charge in [-0.05, 0) is 31.6 Å². The summed E-state index contributed by atoms with van der Waals surface area (Å²) in [5.74, 6) is 0.956. The first-order chi connectivity index (χ1) is 9.74. The van der Waals surface area contributed by atoms with Crippen LogP contribution in [0.4, 0.5) is 0 Å². The summed E-state index contributed by atoms with van der Waals surface area (Å²) in [6.45, 7) is 2.01. The molecule has 0 bridgehead atoms. The van der Waals surface area contributed by atoms with E-state index in [1.54, 1.807) is 0 Å². The number of piperidine rings is 1. The highest BCUT2D eigenvalue weighted by atomic mass is 35.5. The number of likely N-dealkylation sites (N-methyl/N-ethyl adjacent to an activating group) is 1. The second-order valence-electron chi connectivity index (χ2n) is 5.14. The van der Waals surface area contributed by atoms with Crippen LogP contribution in [0.15, 0.2) is 34.9 Å². The molecule has 0 spiro atoms. The number of halogens is 2. The largest absolute Gasteiger partial charge is 0.470 e. The van der Waals surface area contributed by atoms with Crippen LogP contribution in [0.3, 0.4) is 0 Å². The van der Waals surface area contributed by atoms with Gasteiger partial charge in [-0.15, -0.1) is 12.4 Å². The van der Waals surface area contributed by atoms with Crippen LogP contribution in [0.2, 0.25) is 5.02 Å². The van der Waals surface area contributed by atoms with Crippen LogP contribution in [0.1, 0.15) is 12.8 Å². The smallest absolute Gasteiger partial charge is 0.274 e. The summed E-state index contributed by atoms with van der Waals surface area (Å²) in [5, 5.41) is 4.41. The zero-order chi connectivity index (χ0) is 13.9. The van der Waals surface area contributed by atoms with Crippen molar-refractivity contribution in [2.75, 3.05) is 20.1 Å². The summed E-state index contributed by atoms with van der Waals surface area (Å²) in [7, 11) is 2.09. The summed E-state index contributed by atoms with van der Waals surface area (Å²) in [6.07, 6.45) is 2.27. The molecule has 6 heteroatoms. The first-order valence-electron chi connectivity index (χ1n) is 6.80. The van der Waals surface area contributed by atoms with Gasteiger partial charge in [0.1, 0.15) is 6.10 Å². The minimum absolute atomic E-state index is 0. The van der Waals surface area contributed by atoms with Crippen LogP contribution in [0, 0.1) is 0 Å². The molecule has 1 aliphatic heterocycles. The molecule has 0 radical (unpaired) electrons. The van der Waals surface area contributed by atoms with E-state index in [0.717, 1.165) is 31.5 Å². The molecule has 0 N–H and O–H groups in total. The first kappa shape index (κ1) is 16.1. The maximum absolute atomic E-state index is 6.32. The number of hydrogen-bond donors (Lipinski definition) is 0. The molecule has 1 unspecified atom stereocenters. The van der Waals surface area contributed by atoms with E-state index in [4.69, 9.17) is 20.9 Å². The van der Waals surface area contributed by atoms with Gasteiger partial charge in [0.2, 0.25) is 0 Å². The summed E-state index contributed by atoms with van der Waals surface area (Å²) in [5.41, 5.74) is 0.903. The van der Waals surface area contributed by atoms with E-state index in [-0.39, 0.29) is 18.5 Å². The highest BCUT2D eigenvalue weighted by molar-refractivity contribution is 6.34. The molecule has 1 aliphatic rings. The van der Waals surface area contributed by atoms with Crippen LogP contribution in [-0.2, 0) is 0 Å². The predicted octanol–water partition coefficient (Wildman–Crippen LogP) is 3.89. The zero-order valence-electron chi connectivity index (χ0n) is 11.8. The van der Waals surface area contributed by atoms with Gasteiger partial charge in [0, 0.05) is 12.1 Å². The third kappa shape index (κ3) is 3.70. The van der Waals surface area contributed by atoms with Crippen molar-refractivity contribution in [2.45, 2.75) is 18.9 Å². The lowest BCUT2D eigenvalue weighted by molar-refractivity contribution is 0.0964. The number of hydrogen-bond acceptors (Lipinski definition) is 4. The molecule has 0 aliphatic carbocycles. The lowest BCUT2D eigenvalue weighted by Gasteiger charge is -2.29. The van der Waals surface area contributed by atoms with Gasteiger partial charge in [0.25, 0.3) is 5.88 Å². The van der Waals surface area contributed by atoms with E-state index in [1.807, 2.05) is 30.3 Å². The Morgan fingerprint density at radius 1 is 1.33 bits per heavy atom. The number of likely N-dealkylation sites (tertiary alicyclic amines) is 1. The fourth-order valence-corrected chi connectivity index (χ4v) is 2.70. The van der Waals surface area contributed by atoms with Crippen molar-refractivity contribution < 1.29 is 9.26 Å². The standard InChI is InChI=1S/C15H17ClN2O2.ClH/c1-18-9-5-8-12(10-18)19-15-13(16)14(20-17-15)11-6-3-2-4-7-11;/h2-4,6-7,12H,5,8-10H2,1H3;1H. The molecule has 3 rings (SSSR count). The number of benzene rings is 1. The molecule has 1 atom stereocenters. The molecule has 4 nitrogen and oxygen atoms in total. The Balaban J connectivity index is 0.00000161. The number of aromatic nitrogens is 1. The van der Waals surface area contributed by atoms with Crippen molar-refractivity contribution in [2.24, 2.45) is 0 Å². The van der Waals surface area contributed by atoms with Crippen LogP contribution in [0.25, 0.3) is 11.3 Å². The van der Waals surface area contributed by atoms with Crippen molar-refractivity contribution in [3.63, 3.8) is 0 Å². The Hall–Kier alpha value is -1.23. The van der Waals surface area contributed by atoms with Crippen molar-refractivity contribution in [1.29, 1.82) is 0 Å². The fourth-order valence-electron chi connectivity index (χ4n) is 2.48. The van der Waals surface area contributed by atoms with E-state index in [2.05, 4.69) is 17.1 Å². The maximum Gasteiger partial charge on any atom is 0.274 e. The summed E-state index contributed by atoms with van der Waals surface area (Å²) in [6, 6.07) is 9.69. The Bertz CT molecular complexity index is 574. The molecule has 21 heavy (non-hydrogen) atoms. The van der Waals surface area contributed by atoms with Gasteiger partial charge in [-0.2, -0.15) is 0 Å². The normalized spacial score (nSPS) is 19.0. The highest BCUT2D eigenvalue weighted by Crippen LogP contribution is 2.35. The summed E-state index contributed by atoms with van der Waals surface area (Å²) >= 11 is 6.32. The van der Waals surface area contributed by atoms with E-state index in [0.29, 0.717) is 16.7 Å². The predicted molar refractivity (Wildman–Crippen MR) is 85.3 cm³/mol. The topological polar surface area (TPSA) is 38.5 Å². The quantitative estimate of drug-likeness (QED) is 0.856. The molecule has 2 heterocycles. The maximum atomic E-state index is 6.32. The minimum Gasteiger partial charge on any atom is -0.470 e. The van der Waals surface area contributed by atoms with Gasteiger partial charge in [0.15, 0.2) is 10.8 Å². The Morgan fingerprint density at radius 3 is 2.81 bits per heavy atom. The molecule has 1 saturated heterocycles. The molecule has 1 aromatic heterocycles. The molecule has 1 aromatic carbocycles. The van der Waals surface area contributed by atoms with Crippen LogP contribution >= 0.6 is 24.0 Å². The van der Waals surface area contributed by atoms with Gasteiger partial charge in [-0.3, -0.25) is 0 Å². The van der Waals surface area contributed by atoms with Gasteiger partial charge < -0.3 is 14.2 Å². The van der Waals surface area contributed by atoms with E-state index in [1.165, 1.54) is 0 Å². The van der Waals surface area contributed by atoms with E-state index < -0.39 is 0 Å². The van der Waals surface area contributed by atoms with Crippen molar-refractivity contribution in [3.05, 3.63) is 35.4 Å².